The number of hydrogen-bond donors (Lipinski definition) is 6. The van der Waals surface area contributed by atoms with Crippen LogP contribution in [0.2, 0.25) is 0 Å². The molecule has 0 unspecified atom stereocenters. The van der Waals surface area contributed by atoms with Crippen molar-refractivity contribution in [3.63, 3.8) is 0 Å². The van der Waals surface area contributed by atoms with Crippen molar-refractivity contribution in [1.29, 1.82) is 0 Å². The second-order valence-electron chi connectivity index (χ2n) is 7.52. The van der Waals surface area contributed by atoms with Crippen LogP contribution in [0.5, 0.6) is 0 Å². The molecule has 7 N–H and O–H groups in total. The van der Waals surface area contributed by atoms with Crippen molar-refractivity contribution in [3.8, 4) is 0 Å². The molecule has 0 aromatic heterocycles. The predicted molar refractivity (Wildman–Crippen MR) is 121 cm³/mol. The molecule has 0 radical (unpaired) electrons. The summed E-state index contributed by atoms with van der Waals surface area (Å²) in [4.78, 5) is 51.0. The first-order valence-corrected chi connectivity index (χ1v) is 10.3. The first kappa shape index (κ1) is 27.2. The second-order valence-corrected chi connectivity index (χ2v) is 7.52. The maximum atomic E-state index is 12.9. The van der Waals surface area contributed by atoms with Crippen molar-refractivity contribution in [2.75, 3.05) is 18.4 Å². The Morgan fingerprint density at radius 3 is 2.33 bits per heavy atom. The van der Waals surface area contributed by atoms with Crippen LogP contribution >= 0.6 is 0 Å². The number of azide groups is 1. The molecule has 0 fully saturated rings. The van der Waals surface area contributed by atoms with E-state index in [1.54, 1.807) is 38.1 Å². The average molecular weight is 463 g/mol. The minimum absolute atomic E-state index is 0.137. The summed E-state index contributed by atoms with van der Waals surface area (Å²) in [6.45, 7) is 3.04. The largest absolute Gasteiger partial charge is 0.392 e. The number of urea groups is 1. The van der Waals surface area contributed by atoms with E-state index in [2.05, 4.69) is 31.3 Å². The molecule has 1 aromatic carbocycles. The van der Waals surface area contributed by atoms with Crippen LogP contribution in [0.1, 0.15) is 32.3 Å². The fourth-order valence-electron chi connectivity index (χ4n) is 2.82. The third kappa shape index (κ3) is 10.4. The molecule has 5 amide bonds. The number of anilines is 1. The van der Waals surface area contributed by atoms with Crippen LogP contribution in [0.3, 0.4) is 0 Å². The molecule has 0 spiro atoms. The Kier molecular flexibility index (Phi) is 11.8. The number of nitrogens with zero attached hydrogens (tertiary/aromatic N) is 3. The molecule has 2 atom stereocenters. The van der Waals surface area contributed by atoms with Gasteiger partial charge in [-0.15, -0.1) is 0 Å². The van der Waals surface area contributed by atoms with Gasteiger partial charge < -0.3 is 32.1 Å². The van der Waals surface area contributed by atoms with Gasteiger partial charge in [0.25, 0.3) is 0 Å². The summed E-state index contributed by atoms with van der Waals surface area (Å²) in [6, 6.07) is 3.89. The highest BCUT2D eigenvalue weighted by molar-refractivity contribution is 5.98. The van der Waals surface area contributed by atoms with Gasteiger partial charge in [-0.1, -0.05) is 31.1 Å². The Bertz CT molecular complexity index is 868. The smallest absolute Gasteiger partial charge is 0.312 e. The summed E-state index contributed by atoms with van der Waals surface area (Å²) in [6.07, 6.45) is 0.532. The molecule has 1 aromatic rings. The first-order valence-electron chi connectivity index (χ1n) is 10.3. The molecule has 13 heteroatoms. The molecule has 0 saturated carbocycles. The Balaban J connectivity index is 2.91. The highest BCUT2D eigenvalue weighted by Gasteiger charge is 2.28. The molecule has 0 bridgehead atoms. The number of nitrogens with one attached hydrogen (secondary N) is 4. The first-order chi connectivity index (χ1) is 15.7. The molecule has 33 heavy (non-hydrogen) atoms. The van der Waals surface area contributed by atoms with E-state index in [-0.39, 0.29) is 25.5 Å². The molecule has 0 heterocycles. The van der Waals surface area contributed by atoms with Crippen LogP contribution in [0.15, 0.2) is 29.4 Å². The number of benzene rings is 1. The molecule has 13 nitrogen and oxygen atoms in total. The van der Waals surface area contributed by atoms with Crippen molar-refractivity contribution in [2.24, 2.45) is 16.8 Å². The molecule has 0 aliphatic heterocycles. The van der Waals surface area contributed by atoms with E-state index in [1.807, 2.05) is 0 Å². The number of nitrogens with two attached hydrogens (primary N) is 1. The summed E-state index contributed by atoms with van der Waals surface area (Å²) in [7, 11) is 0. The Morgan fingerprint density at radius 1 is 1.12 bits per heavy atom. The van der Waals surface area contributed by atoms with Crippen LogP contribution < -0.4 is 27.0 Å². The zero-order valence-electron chi connectivity index (χ0n) is 18.6. The van der Waals surface area contributed by atoms with Gasteiger partial charge in [-0.2, -0.15) is 0 Å². The summed E-state index contributed by atoms with van der Waals surface area (Å²) >= 11 is 0. The molecular weight excluding hydrogens is 432 g/mol. The summed E-state index contributed by atoms with van der Waals surface area (Å²) < 4.78 is 0. The lowest BCUT2D eigenvalue weighted by Crippen LogP contribution is -2.55. The predicted octanol–water partition coefficient (Wildman–Crippen LogP) is 0.502. The zero-order chi connectivity index (χ0) is 24.8. The van der Waals surface area contributed by atoms with Crippen LogP contribution in [-0.2, 0) is 21.0 Å². The van der Waals surface area contributed by atoms with Crippen molar-refractivity contribution in [2.45, 2.75) is 45.4 Å². The normalized spacial score (nSPS) is 12.1. The van der Waals surface area contributed by atoms with Crippen LogP contribution in [-0.4, -0.2) is 54.0 Å². The molecular formula is C20H30N8O5. The standard InChI is InChI=1S/C20H30N8O5/c1-12(2)17(27-16(30)10-24-28-22)19(32)26-15(4-3-9-23-20(21)33)18(31)25-14-7-5-13(11-29)6-8-14/h5-8,12,15,17,29H,3-4,9-11H2,1-2H3,(H,25,31)(H,26,32)(H,27,30)(H3,21,23,33)/t15-,17-/m0/s1. The molecule has 1 rings (SSSR count). The van der Waals surface area contributed by atoms with E-state index in [4.69, 9.17) is 16.4 Å². The van der Waals surface area contributed by atoms with Gasteiger partial charge in [0.05, 0.1) is 6.61 Å². The minimum Gasteiger partial charge on any atom is -0.392 e. The second kappa shape index (κ2) is 14.3. The SMILES string of the molecule is CC(C)[C@H](NC(=O)CN=[N+]=[N-])C(=O)N[C@@H](CCCNC(N)=O)C(=O)Nc1ccc(CO)cc1. The van der Waals surface area contributed by atoms with E-state index >= 15 is 0 Å². The fourth-order valence-corrected chi connectivity index (χ4v) is 2.82. The van der Waals surface area contributed by atoms with Gasteiger partial charge in [0.15, 0.2) is 0 Å². The van der Waals surface area contributed by atoms with Crippen molar-refractivity contribution >= 4 is 29.4 Å². The highest BCUT2D eigenvalue weighted by atomic mass is 16.3. The van der Waals surface area contributed by atoms with E-state index in [0.29, 0.717) is 17.7 Å². The number of aliphatic hydroxyl groups is 1. The van der Waals surface area contributed by atoms with Crippen LogP contribution in [0, 0.1) is 5.92 Å². The Morgan fingerprint density at radius 2 is 1.79 bits per heavy atom. The summed E-state index contributed by atoms with van der Waals surface area (Å²) in [5.41, 5.74) is 14.5. The Labute approximate surface area is 191 Å². The number of carbonyl (C=O) groups excluding carboxylic acids is 4. The molecule has 0 aliphatic rings. The van der Waals surface area contributed by atoms with Crippen molar-refractivity contribution in [1.82, 2.24) is 16.0 Å². The van der Waals surface area contributed by atoms with E-state index in [0.717, 1.165) is 0 Å². The summed E-state index contributed by atoms with van der Waals surface area (Å²) in [5.74, 6) is -2.02. The lowest BCUT2D eigenvalue weighted by molar-refractivity contribution is -0.131. The van der Waals surface area contributed by atoms with E-state index in [9.17, 15) is 19.2 Å². The maximum Gasteiger partial charge on any atom is 0.312 e. The summed E-state index contributed by atoms with van der Waals surface area (Å²) in [5, 5.41) is 22.5. The fraction of sp³-hybridized carbons (Fsp3) is 0.500. The molecule has 0 aliphatic carbocycles. The number of primary amides is 1. The van der Waals surface area contributed by atoms with Crippen LogP contribution in [0.4, 0.5) is 10.5 Å². The van der Waals surface area contributed by atoms with Gasteiger partial charge in [-0.25, -0.2) is 4.79 Å². The molecule has 0 saturated heterocycles. The number of carbonyl (C=O) groups is 4. The van der Waals surface area contributed by atoms with Gasteiger partial charge in [0, 0.05) is 17.1 Å². The van der Waals surface area contributed by atoms with Gasteiger partial charge >= 0.3 is 6.03 Å². The number of amides is 5. The van der Waals surface area contributed by atoms with Gasteiger partial charge in [0.2, 0.25) is 17.7 Å². The third-order valence-corrected chi connectivity index (χ3v) is 4.55. The number of rotatable bonds is 13. The van der Waals surface area contributed by atoms with Crippen molar-refractivity contribution < 1.29 is 24.3 Å². The zero-order valence-corrected chi connectivity index (χ0v) is 18.6. The number of aliphatic hydroxyl groups excluding tert-OH is 1. The van der Waals surface area contributed by atoms with E-state index in [1.165, 1.54) is 0 Å². The van der Waals surface area contributed by atoms with Gasteiger partial charge in [-0.05, 0) is 42.0 Å². The number of hydrogen-bond acceptors (Lipinski definition) is 6. The van der Waals surface area contributed by atoms with Gasteiger partial charge in [-0.3, -0.25) is 14.4 Å². The highest BCUT2D eigenvalue weighted by Crippen LogP contribution is 2.12. The average Bonchev–Trinajstić information content (AvgIpc) is 2.77. The lowest BCUT2D eigenvalue weighted by atomic mass is 10.0. The third-order valence-electron chi connectivity index (χ3n) is 4.55. The lowest BCUT2D eigenvalue weighted by Gasteiger charge is -2.25. The van der Waals surface area contributed by atoms with Gasteiger partial charge in [0.1, 0.15) is 18.6 Å². The quantitative estimate of drug-likeness (QED) is 0.107. The maximum absolute atomic E-state index is 12.9. The van der Waals surface area contributed by atoms with Crippen molar-refractivity contribution in [3.05, 3.63) is 40.3 Å². The van der Waals surface area contributed by atoms with Crippen LogP contribution in [0.25, 0.3) is 10.4 Å². The monoisotopic (exact) mass is 462 g/mol. The Hall–Kier alpha value is -3.83. The minimum atomic E-state index is -0.972. The molecule has 180 valence electrons. The topological polar surface area (TPSA) is 211 Å². The van der Waals surface area contributed by atoms with E-state index < -0.39 is 42.4 Å².